The van der Waals surface area contributed by atoms with Crippen molar-refractivity contribution in [3.05, 3.63) is 30.0 Å². The van der Waals surface area contributed by atoms with Crippen LogP contribution in [0.1, 0.15) is 10.5 Å². The van der Waals surface area contributed by atoms with Crippen LogP contribution in [0.2, 0.25) is 0 Å². The fraction of sp³-hybridized carbons (Fsp3) is 0.0909. The topological polar surface area (TPSA) is 82.5 Å². The van der Waals surface area contributed by atoms with E-state index in [4.69, 9.17) is 5.11 Å². The molecule has 1 heterocycles. The summed E-state index contributed by atoms with van der Waals surface area (Å²) >= 11 is 0. The van der Waals surface area contributed by atoms with Gasteiger partial charge in [-0.3, -0.25) is 0 Å². The van der Waals surface area contributed by atoms with Crippen molar-refractivity contribution in [2.24, 2.45) is 0 Å². The number of aromatic hydroxyl groups is 1. The Hall–Kier alpha value is -2.30. The minimum absolute atomic E-state index is 0.0254. The summed E-state index contributed by atoms with van der Waals surface area (Å²) in [5, 5.41) is 21.8. The first kappa shape index (κ1) is 10.2. The van der Waals surface area contributed by atoms with Crippen LogP contribution in [0.15, 0.2) is 24.3 Å². The molecule has 0 bridgehead atoms. The first-order valence-electron chi connectivity index (χ1n) is 4.66. The molecule has 0 fully saturated rings. The van der Waals surface area contributed by atoms with Crippen molar-refractivity contribution < 1.29 is 15.0 Å². The van der Waals surface area contributed by atoms with Crippen LogP contribution in [0.25, 0.3) is 10.9 Å². The van der Waals surface area contributed by atoms with E-state index < -0.39 is 5.97 Å². The highest BCUT2D eigenvalue weighted by atomic mass is 16.4. The molecule has 0 aliphatic carbocycles. The average Bonchev–Trinajstić information content (AvgIpc) is 2.27. The molecule has 1 aromatic heterocycles. The van der Waals surface area contributed by atoms with Gasteiger partial charge in [-0.15, -0.1) is 0 Å². The summed E-state index contributed by atoms with van der Waals surface area (Å²) < 4.78 is 0. The Bertz CT molecular complexity index is 566. The standard InChI is InChI=1S/C11H10N2O3/c1-12-9-5-10(11(15)16)13-8-3-2-6(14)4-7(8)9/h2-5,14H,1H3,(H,12,13)(H,15,16). The highest BCUT2D eigenvalue weighted by Gasteiger charge is 2.10. The van der Waals surface area contributed by atoms with E-state index in [1.54, 1.807) is 19.2 Å². The van der Waals surface area contributed by atoms with Crippen molar-refractivity contribution in [2.75, 3.05) is 12.4 Å². The zero-order chi connectivity index (χ0) is 11.7. The van der Waals surface area contributed by atoms with Crippen LogP contribution in [0.5, 0.6) is 5.75 Å². The fourth-order valence-electron chi connectivity index (χ4n) is 1.53. The van der Waals surface area contributed by atoms with E-state index in [0.717, 1.165) is 0 Å². The lowest BCUT2D eigenvalue weighted by Gasteiger charge is -2.07. The summed E-state index contributed by atoms with van der Waals surface area (Å²) in [5.74, 6) is -0.958. The number of pyridine rings is 1. The summed E-state index contributed by atoms with van der Waals surface area (Å²) in [6, 6.07) is 6.03. The number of aromatic nitrogens is 1. The molecule has 0 saturated heterocycles. The molecule has 0 aliphatic heterocycles. The molecule has 0 aliphatic rings. The number of rotatable bonds is 2. The Kier molecular flexibility index (Phi) is 2.36. The van der Waals surface area contributed by atoms with Gasteiger partial charge in [-0.2, -0.15) is 0 Å². The summed E-state index contributed by atoms with van der Waals surface area (Å²) in [6.07, 6.45) is 0. The van der Waals surface area contributed by atoms with Crippen LogP contribution >= 0.6 is 0 Å². The molecule has 5 heteroatoms. The molecule has 0 amide bonds. The molecular formula is C11H10N2O3. The van der Waals surface area contributed by atoms with Gasteiger partial charge in [0.2, 0.25) is 0 Å². The van der Waals surface area contributed by atoms with Crippen LogP contribution in [0.3, 0.4) is 0 Å². The Morgan fingerprint density at radius 2 is 2.12 bits per heavy atom. The normalized spacial score (nSPS) is 10.3. The summed E-state index contributed by atoms with van der Waals surface area (Å²) in [7, 11) is 1.68. The van der Waals surface area contributed by atoms with Crippen LogP contribution in [-0.2, 0) is 0 Å². The third-order valence-electron chi connectivity index (χ3n) is 2.28. The monoisotopic (exact) mass is 218 g/mol. The van der Waals surface area contributed by atoms with Gasteiger partial charge in [0.25, 0.3) is 0 Å². The molecule has 82 valence electrons. The van der Waals surface area contributed by atoms with E-state index in [9.17, 15) is 9.90 Å². The summed E-state index contributed by atoms with van der Waals surface area (Å²) in [6.45, 7) is 0. The van der Waals surface area contributed by atoms with Gasteiger partial charge in [0, 0.05) is 18.1 Å². The number of anilines is 1. The van der Waals surface area contributed by atoms with Crippen molar-refractivity contribution in [2.45, 2.75) is 0 Å². The molecule has 0 radical (unpaired) electrons. The minimum Gasteiger partial charge on any atom is -0.508 e. The molecule has 3 N–H and O–H groups in total. The number of fused-ring (bicyclic) bond motifs is 1. The van der Waals surface area contributed by atoms with Gasteiger partial charge in [0.1, 0.15) is 5.75 Å². The Morgan fingerprint density at radius 3 is 2.75 bits per heavy atom. The molecule has 5 nitrogen and oxygen atoms in total. The number of nitrogens with one attached hydrogen (secondary N) is 1. The molecule has 2 rings (SSSR count). The first-order chi connectivity index (χ1) is 7.61. The lowest BCUT2D eigenvalue weighted by atomic mass is 10.1. The Labute approximate surface area is 91.4 Å². The zero-order valence-corrected chi connectivity index (χ0v) is 8.56. The second kappa shape index (κ2) is 3.69. The van der Waals surface area contributed by atoms with Crippen LogP contribution in [-0.4, -0.2) is 28.2 Å². The van der Waals surface area contributed by atoms with Gasteiger partial charge in [0.05, 0.1) is 5.52 Å². The smallest absolute Gasteiger partial charge is 0.354 e. The molecule has 1 aromatic carbocycles. The number of phenols is 1. The highest BCUT2D eigenvalue weighted by Crippen LogP contribution is 2.26. The van der Waals surface area contributed by atoms with Gasteiger partial charge in [0.15, 0.2) is 5.69 Å². The number of carboxylic acids is 1. The molecular weight excluding hydrogens is 208 g/mol. The van der Waals surface area contributed by atoms with Crippen molar-refractivity contribution in [1.29, 1.82) is 0 Å². The van der Waals surface area contributed by atoms with Crippen LogP contribution in [0.4, 0.5) is 5.69 Å². The molecule has 0 unspecified atom stereocenters. The van der Waals surface area contributed by atoms with E-state index in [1.165, 1.54) is 12.1 Å². The number of hydrogen-bond acceptors (Lipinski definition) is 4. The SMILES string of the molecule is CNc1cc(C(=O)O)nc2ccc(O)cc12. The highest BCUT2D eigenvalue weighted by molar-refractivity contribution is 5.97. The predicted molar refractivity (Wildman–Crippen MR) is 59.9 cm³/mol. The van der Waals surface area contributed by atoms with Gasteiger partial charge < -0.3 is 15.5 Å². The maximum atomic E-state index is 10.8. The largest absolute Gasteiger partial charge is 0.508 e. The van der Waals surface area contributed by atoms with Crippen molar-refractivity contribution >= 4 is 22.6 Å². The Balaban J connectivity index is 2.78. The molecule has 0 saturated carbocycles. The number of benzene rings is 1. The Morgan fingerprint density at radius 1 is 1.38 bits per heavy atom. The second-order valence-corrected chi connectivity index (χ2v) is 3.31. The number of carbonyl (C=O) groups is 1. The van der Waals surface area contributed by atoms with Crippen LogP contribution in [0, 0.1) is 0 Å². The van der Waals surface area contributed by atoms with E-state index in [1.807, 2.05) is 0 Å². The maximum Gasteiger partial charge on any atom is 0.354 e. The van der Waals surface area contributed by atoms with Crippen molar-refractivity contribution in [3.8, 4) is 5.75 Å². The van der Waals surface area contributed by atoms with Gasteiger partial charge in [-0.1, -0.05) is 0 Å². The van der Waals surface area contributed by atoms with E-state index >= 15 is 0 Å². The lowest BCUT2D eigenvalue weighted by molar-refractivity contribution is 0.0691. The quantitative estimate of drug-likeness (QED) is 0.714. The maximum absolute atomic E-state index is 10.8. The first-order valence-corrected chi connectivity index (χ1v) is 4.66. The van der Waals surface area contributed by atoms with Crippen molar-refractivity contribution in [1.82, 2.24) is 4.98 Å². The fourth-order valence-corrected chi connectivity index (χ4v) is 1.53. The summed E-state index contributed by atoms with van der Waals surface area (Å²) in [5.41, 5.74) is 1.13. The number of phenolic OH excluding ortho intramolecular Hbond substituents is 1. The molecule has 0 spiro atoms. The lowest BCUT2D eigenvalue weighted by Crippen LogP contribution is -2.02. The van der Waals surface area contributed by atoms with E-state index in [2.05, 4.69) is 10.3 Å². The third kappa shape index (κ3) is 1.63. The number of carboxylic acid groups (broad SMARTS) is 1. The summed E-state index contributed by atoms with van der Waals surface area (Å²) in [4.78, 5) is 14.8. The minimum atomic E-state index is -1.08. The number of hydrogen-bond donors (Lipinski definition) is 3. The van der Waals surface area contributed by atoms with Gasteiger partial charge >= 0.3 is 5.97 Å². The zero-order valence-electron chi connectivity index (χ0n) is 8.56. The second-order valence-electron chi connectivity index (χ2n) is 3.31. The van der Waals surface area contributed by atoms with Crippen LogP contribution < -0.4 is 5.32 Å². The molecule has 0 atom stereocenters. The predicted octanol–water partition coefficient (Wildman–Crippen LogP) is 1.68. The number of nitrogens with zero attached hydrogens (tertiary/aromatic N) is 1. The average molecular weight is 218 g/mol. The van der Waals surface area contributed by atoms with E-state index in [-0.39, 0.29) is 11.4 Å². The van der Waals surface area contributed by atoms with Gasteiger partial charge in [-0.25, -0.2) is 9.78 Å². The van der Waals surface area contributed by atoms with E-state index in [0.29, 0.717) is 16.6 Å². The number of aromatic carboxylic acids is 1. The molecule has 2 aromatic rings. The molecule has 16 heavy (non-hydrogen) atoms. The third-order valence-corrected chi connectivity index (χ3v) is 2.28. The van der Waals surface area contributed by atoms with Crippen molar-refractivity contribution in [3.63, 3.8) is 0 Å². The van der Waals surface area contributed by atoms with Gasteiger partial charge in [-0.05, 0) is 24.3 Å².